The van der Waals surface area contributed by atoms with Crippen LogP contribution in [0.3, 0.4) is 0 Å². The smallest absolute Gasteiger partial charge is 0.244 e. The van der Waals surface area contributed by atoms with E-state index in [2.05, 4.69) is 15.0 Å². The summed E-state index contributed by atoms with van der Waals surface area (Å²) in [5.41, 5.74) is 2.20. The SMILES string of the molecule is CSCc1nc2ccccc2n1CC(=O)Nc1cccc(S(=O)(=O)NC2CC2)c1. The third-order valence-corrected chi connectivity index (χ3v) is 6.70. The second-order valence-electron chi connectivity index (χ2n) is 7.01. The number of aromatic nitrogens is 2. The highest BCUT2D eigenvalue weighted by molar-refractivity contribution is 7.97. The second-order valence-corrected chi connectivity index (χ2v) is 9.59. The van der Waals surface area contributed by atoms with Crippen molar-refractivity contribution in [1.82, 2.24) is 14.3 Å². The molecule has 152 valence electrons. The number of thioether (sulfide) groups is 1. The highest BCUT2D eigenvalue weighted by atomic mass is 32.2. The van der Waals surface area contributed by atoms with Crippen LogP contribution in [0.5, 0.6) is 0 Å². The maximum atomic E-state index is 12.7. The van der Waals surface area contributed by atoms with Gasteiger partial charge in [0.05, 0.1) is 21.7 Å². The molecule has 1 amide bonds. The molecule has 0 atom stereocenters. The third kappa shape index (κ3) is 4.63. The Morgan fingerprint density at radius 2 is 2.00 bits per heavy atom. The molecule has 1 aromatic heterocycles. The number of anilines is 1. The molecule has 29 heavy (non-hydrogen) atoms. The van der Waals surface area contributed by atoms with Gasteiger partial charge in [0.2, 0.25) is 15.9 Å². The lowest BCUT2D eigenvalue weighted by Crippen LogP contribution is -2.26. The van der Waals surface area contributed by atoms with Crippen molar-refractivity contribution in [2.45, 2.75) is 36.1 Å². The zero-order valence-corrected chi connectivity index (χ0v) is 17.6. The Hall–Kier alpha value is -2.36. The highest BCUT2D eigenvalue weighted by Gasteiger charge is 2.28. The van der Waals surface area contributed by atoms with Crippen LogP contribution >= 0.6 is 11.8 Å². The Bertz CT molecular complexity index is 1150. The van der Waals surface area contributed by atoms with Gasteiger partial charge in [-0.15, -0.1) is 0 Å². The molecule has 4 rings (SSSR count). The summed E-state index contributed by atoms with van der Waals surface area (Å²) in [4.78, 5) is 17.5. The first-order valence-electron chi connectivity index (χ1n) is 9.31. The van der Waals surface area contributed by atoms with Crippen molar-refractivity contribution in [1.29, 1.82) is 0 Å². The maximum Gasteiger partial charge on any atom is 0.244 e. The van der Waals surface area contributed by atoms with Crippen molar-refractivity contribution >= 4 is 44.4 Å². The molecule has 0 aliphatic heterocycles. The molecule has 0 unspecified atom stereocenters. The lowest BCUT2D eigenvalue weighted by atomic mass is 10.3. The van der Waals surface area contributed by atoms with Gasteiger partial charge in [-0.3, -0.25) is 4.79 Å². The largest absolute Gasteiger partial charge is 0.324 e. The Morgan fingerprint density at radius 1 is 1.21 bits per heavy atom. The average molecular weight is 431 g/mol. The monoisotopic (exact) mass is 430 g/mol. The van der Waals surface area contributed by atoms with E-state index in [1.165, 1.54) is 12.1 Å². The van der Waals surface area contributed by atoms with Crippen molar-refractivity contribution in [2.75, 3.05) is 11.6 Å². The summed E-state index contributed by atoms with van der Waals surface area (Å²) in [5, 5.41) is 2.81. The predicted molar refractivity (Wildman–Crippen MR) is 115 cm³/mol. The van der Waals surface area contributed by atoms with Gasteiger partial charge in [-0.25, -0.2) is 18.1 Å². The summed E-state index contributed by atoms with van der Waals surface area (Å²) >= 11 is 1.64. The van der Waals surface area contributed by atoms with Gasteiger partial charge in [0.15, 0.2) is 0 Å². The number of fused-ring (bicyclic) bond motifs is 1. The van der Waals surface area contributed by atoms with Crippen molar-refractivity contribution in [3.8, 4) is 0 Å². The number of hydrogen-bond donors (Lipinski definition) is 2. The first kappa shape index (κ1) is 19.9. The highest BCUT2D eigenvalue weighted by Crippen LogP contribution is 2.24. The molecule has 0 radical (unpaired) electrons. The fourth-order valence-electron chi connectivity index (χ4n) is 3.11. The van der Waals surface area contributed by atoms with Crippen LogP contribution in [0.4, 0.5) is 5.69 Å². The normalized spacial score (nSPS) is 14.2. The minimum absolute atomic E-state index is 0.0302. The summed E-state index contributed by atoms with van der Waals surface area (Å²) in [6.45, 7) is 0.105. The predicted octanol–water partition coefficient (Wildman–Crippen LogP) is 2.98. The van der Waals surface area contributed by atoms with Crippen LogP contribution in [0.1, 0.15) is 18.7 Å². The lowest BCUT2D eigenvalue weighted by molar-refractivity contribution is -0.116. The molecular formula is C20H22N4O3S2. The van der Waals surface area contributed by atoms with Crippen LogP contribution in [-0.2, 0) is 27.1 Å². The minimum Gasteiger partial charge on any atom is -0.324 e. The van der Waals surface area contributed by atoms with E-state index in [0.29, 0.717) is 11.4 Å². The van der Waals surface area contributed by atoms with Crippen LogP contribution in [0.2, 0.25) is 0 Å². The number of carbonyl (C=O) groups excluding carboxylic acids is 1. The zero-order chi connectivity index (χ0) is 20.4. The topological polar surface area (TPSA) is 93.1 Å². The quantitative estimate of drug-likeness (QED) is 0.573. The fourth-order valence-corrected chi connectivity index (χ4v) is 4.94. The van der Waals surface area contributed by atoms with Gasteiger partial charge < -0.3 is 9.88 Å². The molecule has 1 saturated carbocycles. The van der Waals surface area contributed by atoms with Gasteiger partial charge in [0.25, 0.3) is 0 Å². The van der Waals surface area contributed by atoms with Crippen LogP contribution in [-0.4, -0.2) is 36.2 Å². The van der Waals surface area contributed by atoms with Crippen molar-refractivity contribution in [3.63, 3.8) is 0 Å². The van der Waals surface area contributed by atoms with E-state index in [9.17, 15) is 13.2 Å². The van der Waals surface area contributed by atoms with E-state index in [1.807, 2.05) is 35.1 Å². The van der Waals surface area contributed by atoms with Crippen LogP contribution in [0.15, 0.2) is 53.4 Å². The molecule has 7 nitrogen and oxygen atoms in total. The Kier molecular flexibility index (Phi) is 5.62. The van der Waals surface area contributed by atoms with Gasteiger partial charge in [0, 0.05) is 11.7 Å². The third-order valence-electron chi connectivity index (χ3n) is 4.64. The maximum absolute atomic E-state index is 12.7. The molecule has 1 aliphatic carbocycles. The number of benzene rings is 2. The number of nitrogens with one attached hydrogen (secondary N) is 2. The molecule has 1 fully saturated rings. The first-order valence-corrected chi connectivity index (χ1v) is 12.2. The number of amides is 1. The summed E-state index contributed by atoms with van der Waals surface area (Å²) in [6, 6.07) is 14.1. The van der Waals surface area contributed by atoms with E-state index < -0.39 is 10.0 Å². The number of imidazole rings is 1. The number of rotatable bonds is 8. The number of sulfonamides is 1. The summed E-state index contributed by atoms with van der Waals surface area (Å²) in [7, 11) is -3.57. The summed E-state index contributed by atoms with van der Waals surface area (Å²) < 4.78 is 29.4. The second kappa shape index (κ2) is 8.17. The van der Waals surface area contributed by atoms with Gasteiger partial charge in [-0.1, -0.05) is 18.2 Å². The van der Waals surface area contributed by atoms with Gasteiger partial charge in [0.1, 0.15) is 12.4 Å². The molecule has 0 saturated heterocycles. The van der Waals surface area contributed by atoms with Gasteiger partial charge in [-0.05, 0) is 49.4 Å². The molecule has 1 aliphatic rings. The molecular weight excluding hydrogens is 408 g/mol. The number of hydrogen-bond acceptors (Lipinski definition) is 5. The molecule has 9 heteroatoms. The van der Waals surface area contributed by atoms with E-state index in [4.69, 9.17) is 0 Å². The fraction of sp³-hybridized carbons (Fsp3) is 0.300. The molecule has 1 heterocycles. The first-order chi connectivity index (χ1) is 14.0. The van der Waals surface area contributed by atoms with E-state index in [1.54, 1.807) is 23.9 Å². The number of carbonyl (C=O) groups is 1. The van der Waals surface area contributed by atoms with Crippen molar-refractivity contribution in [3.05, 3.63) is 54.4 Å². The zero-order valence-electron chi connectivity index (χ0n) is 16.0. The van der Waals surface area contributed by atoms with E-state index >= 15 is 0 Å². The Labute approximate surface area is 174 Å². The van der Waals surface area contributed by atoms with E-state index in [0.717, 1.165) is 29.7 Å². The lowest BCUT2D eigenvalue weighted by Gasteiger charge is -2.11. The average Bonchev–Trinajstić information content (AvgIpc) is 3.43. The van der Waals surface area contributed by atoms with Crippen LogP contribution in [0.25, 0.3) is 11.0 Å². The molecule has 2 N–H and O–H groups in total. The Morgan fingerprint density at radius 3 is 2.76 bits per heavy atom. The van der Waals surface area contributed by atoms with Crippen molar-refractivity contribution < 1.29 is 13.2 Å². The molecule has 3 aromatic rings. The minimum atomic E-state index is -3.57. The van der Waals surface area contributed by atoms with Gasteiger partial charge in [-0.2, -0.15) is 11.8 Å². The number of nitrogens with zero attached hydrogens (tertiary/aromatic N) is 2. The van der Waals surface area contributed by atoms with Crippen LogP contribution in [0, 0.1) is 0 Å². The molecule has 2 aromatic carbocycles. The van der Waals surface area contributed by atoms with E-state index in [-0.39, 0.29) is 23.4 Å². The molecule has 0 bridgehead atoms. The number of para-hydroxylation sites is 2. The Balaban J connectivity index is 1.53. The summed E-state index contributed by atoms with van der Waals surface area (Å²) in [6.07, 6.45) is 3.73. The summed E-state index contributed by atoms with van der Waals surface area (Å²) in [5.74, 6) is 1.29. The van der Waals surface area contributed by atoms with Gasteiger partial charge >= 0.3 is 0 Å². The standard InChI is InChI=1S/C20H22N4O3S2/c1-28-13-19-22-17-7-2-3-8-18(17)24(19)12-20(25)21-15-5-4-6-16(11-15)29(26,27)23-14-9-10-14/h2-8,11,14,23H,9-10,12-13H2,1H3,(H,21,25). The van der Waals surface area contributed by atoms with Crippen LogP contribution < -0.4 is 10.0 Å². The van der Waals surface area contributed by atoms with Crippen molar-refractivity contribution in [2.24, 2.45) is 0 Å². The molecule has 0 spiro atoms.